The zero-order valence-corrected chi connectivity index (χ0v) is 14.0. The SMILES string of the molecule is CC/C=C/C/C=C\C/C=C/C/C=C/CCCCCCC(=O)O. The van der Waals surface area contributed by atoms with Gasteiger partial charge in [0.2, 0.25) is 0 Å². The van der Waals surface area contributed by atoms with Crippen LogP contribution in [0.3, 0.4) is 0 Å². The lowest BCUT2D eigenvalue weighted by Gasteiger charge is -1.96. The maximum Gasteiger partial charge on any atom is 0.303 e. The molecule has 0 radical (unpaired) electrons. The summed E-state index contributed by atoms with van der Waals surface area (Å²) in [4.78, 5) is 10.3. The lowest BCUT2D eigenvalue weighted by atomic mass is 10.1. The lowest BCUT2D eigenvalue weighted by molar-refractivity contribution is -0.137. The van der Waals surface area contributed by atoms with Crippen LogP contribution in [0.25, 0.3) is 0 Å². The highest BCUT2D eigenvalue weighted by Gasteiger charge is 1.95. The smallest absolute Gasteiger partial charge is 0.303 e. The average molecular weight is 304 g/mol. The zero-order valence-electron chi connectivity index (χ0n) is 14.0. The Morgan fingerprint density at radius 2 is 1.23 bits per heavy atom. The summed E-state index contributed by atoms with van der Waals surface area (Å²) in [5, 5.41) is 8.51. The van der Waals surface area contributed by atoms with Crippen LogP contribution in [-0.2, 0) is 4.79 Å². The van der Waals surface area contributed by atoms with Crippen molar-refractivity contribution in [2.75, 3.05) is 0 Å². The van der Waals surface area contributed by atoms with Crippen molar-refractivity contribution in [1.29, 1.82) is 0 Å². The van der Waals surface area contributed by atoms with E-state index in [2.05, 4.69) is 55.5 Å². The first-order valence-corrected chi connectivity index (χ1v) is 8.59. The van der Waals surface area contributed by atoms with Crippen molar-refractivity contribution in [1.82, 2.24) is 0 Å². The summed E-state index contributed by atoms with van der Waals surface area (Å²) in [6.07, 6.45) is 27.4. The highest BCUT2D eigenvalue weighted by atomic mass is 16.4. The van der Waals surface area contributed by atoms with Crippen molar-refractivity contribution in [2.45, 2.75) is 71.1 Å². The number of unbranched alkanes of at least 4 members (excludes halogenated alkanes) is 4. The van der Waals surface area contributed by atoms with Gasteiger partial charge in [-0.05, 0) is 44.9 Å². The van der Waals surface area contributed by atoms with E-state index in [1.54, 1.807) is 0 Å². The quantitative estimate of drug-likeness (QED) is 0.305. The molecule has 0 amide bonds. The van der Waals surface area contributed by atoms with Crippen molar-refractivity contribution in [2.24, 2.45) is 0 Å². The van der Waals surface area contributed by atoms with Gasteiger partial charge in [0.05, 0.1) is 0 Å². The molecule has 0 heterocycles. The first-order valence-electron chi connectivity index (χ1n) is 8.59. The third kappa shape index (κ3) is 18.4. The number of carbonyl (C=O) groups is 1. The predicted octanol–water partition coefficient (Wildman–Crippen LogP) is 6.22. The van der Waals surface area contributed by atoms with Crippen molar-refractivity contribution in [3.05, 3.63) is 48.6 Å². The third-order valence-corrected chi connectivity index (χ3v) is 3.23. The summed E-state index contributed by atoms with van der Waals surface area (Å²) in [5.41, 5.74) is 0. The number of hydrogen-bond donors (Lipinski definition) is 1. The Bertz CT molecular complexity index is 362. The van der Waals surface area contributed by atoms with Crippen LogP contribution >= 0.6 is 0 Å². The van der Waals surface area contributed by atoms with E-state index in [0.717, 1.165) is 57.8 Å². The van der Waals surface area contributed by atoms with E-state index in [1.807, 2.05) is 0 Å². The largest absolute Gasteiger partial charge is 0.481 e. The van der Waals surface area contributed by atoms with Crippen LogP contribution in [0.15, 0.2) is 48.6 Å². The molecule has 0 saturated carbocycles. The van der Waals surface area contributed by atoms with E-state index in [9.17, 15) is 4.79 Å². The van der Waals surface area contributed by atoms with Crippen molar-refractivity contribution >= 4 is 5.97 Å². The normalized spacial score (nSPS) is 12.4. The molecule has 2 nitrogen and oxygen atoms in total. The fraction of sp³-hybridized carbons (Fsp3) is 0.550. The molecule has 0 aliphatic rings. The Morgan fingerprint density at radius 3 is 1.77 bits per heavy atom. The summed E-state index contributed by atoms with van der Waals surface area (Å²) < 4.78 is 0. The van der Waals surface area contributed by atoms with E-state index in [0.29, 0.717) is 6.42 Å². The molecule has 124 valence electrons. The molecule has 0 unspecified atom stereocenters. The van der Waals surface area contributed by atoms with E-state index in [-0.39, 0.29) is 0 Å². The third-order valence-electron chi connectivity index (χ3n) is 3.23. The Morgan fingerprint density at radius 1 is 0.727 bits per heavy atom. The second-order valence-electron chi connectivity index (χ2n) is 5.35. The molecule has 0 aromatic rings. The van der Waals surface area contributed by atoms with Gasteiger partial charge in [0, 0.05) is 6.42 Å². The topological polar surface area (TPSA) is 37.3 Å². The summed E-state index contributed by atoms with van der Waals surface area (Å²) in [5.74, 6) is -0.682. The molecule has 0 aliphatic carbocycles. The number of rotatable bonds is 14. The lowest BCUT2D eigenvalue weighted by Crippen LogP contribution is -1.93. The molecule has 0 rings (SSSR count). The fourth-order valence-corrected chi connectivity index (χ4v) is 1.99. The summed E-state index contributed by atoms with van der Waals surface area (Å²) >= 11 is 0. The standard InChI is InChI=1S/C20H32O2/c1-2-3-4-5-6-7-8-9-10-11-12-13-14-15-16-17-18-19-20(21)22/h3-4,6-7,9-10,12-13H,2,5,8,11,14-19H2,1H3,(H,21,22)/b4-3+,7-6-,10-9+,13-12+. The van der Waals surface area contributed by atoms with E-state index in [1.165, 1.54) is 0 Å². The van der Waals surface area contributed by atoms with Crippen LogP contribution in [0.4, 0.5) is 0 Å². The van der Waals surface area contributed by atoms with Gasteiger partial charge in [-0.25, -0.2) is 0 Å². The second-order valence-corrected chi connectivity index (χ2v) is 5.35. The number of allylic oxidation sites excluding steroid dienone is 8. The molecule has 1 N–H and O–H groups in total. The first kappa shape index (κ1) is 20.4. The molecule has 0 spiro atoms. The van der Waals surface area contributed by atoms with Crippen LogP contribution in [0.2, 0.25) is 0 Å². The maximum atomic E-state index is 10.3. The summed E-state index contributed by atoms with van der Waals surface area (Å²) in [7, 11) is 0. The molecule has 0 aromatic carbocycles. The zero-order chi connectivity index (χ0) is 16.3. The maximum absolute atomic E-state index is 10.3. The minimum absolute atomic E-state index is 0.309. The van der Waals surface area contributed by atoms with Gasteiger partial charge >= 0.3 is 5.97 Å². The number of carboxylic acids is 1. The van der Waals surface area contributed by atoms with Crippen molar-refractivity contribution in [3.63, 3.8) is 0 Å². The highest BCUT2D eigenvalue weighted by molar-refractivity contribution is 5.66. The van der Waals surface area contributed by atoms with Crippen molar-refractivity contribution < 1.29 is 9.90 Å². The molecule has 0 saturated heterocycles. The minimum Gasteiger partial charge on any atom is -0.481 e. The monoisotopic (exact) mass is 304 g/mol. The summed E-state index contributed by atoms with van der Waals surface area (Å²) in [6, 6.07) is 0. The van der Waals surface area contributed by atoms with Gasteiger partial charge in [0.1, 0.15) is 0 Å². The van der Waals surface area contributed by atoms with Crippen LogP contribution in [-0.4, -0.2) is 11.1 Å². The second kappa shape index (κ2) is 17.5. The predicted molar refractivity (Wildman–Crippen MR) is 96.0 cm³/mol. The van der Waals surface area contributed by atoms with Gasteiger partial charge in [-0.3, -0.25) is 4.79 Å². The van der Waals surface area contributed by atoms with Crippen molar-refractivity contribution in [3.8, 4) is 0 Å². The van der Waals surface area contributed by atoms with Crippen LogP contribution in [0.5, 0.6) is 0 Å². The highest BCUT2D eigenvalue weighted by Crippen LogP contribution is 2.06. The number of carboxylic acid groups (broad SMARTS) is 1. The summed E-state index contributed by atoms with van der Waals surface area (Å²) in [6.45, 7) is 2.15. The molecular weight excluding hydrogens is 272 g/mol. The van der Waals surface area contributed by atoms with E-state index >= 15 is 0 Å². The molecule has 0 aromatic heterocycles. The Hall–Kier alpha value is -1.57. The molecular formula is C20H32O2. The first-order chi connectivity index (χ1) is 10.8. The van der Waals surface area contributed by atoms with Crippen LogP contribution in [0.1, 0.15) is 71.1 Å². The number of aliphatic carboxylic acids is 1. The Labute approximate surface area is 136 Å². The van der Waals surface area contributed by atoms with E-state index < -0.39 is 5.97 Å². The van der Waals surface area contributed by atoms with Gasteiger partial charge in [-0.15, -0.1) is 0 Å². The average Bonchev–Trinajstić information content (AvgIpc) is 2.50. The molecule has 0 bridgehead atoms. The molecule has 0 fully saturated rings. The fourth-order valence-electron chi connectivity index (χ4n) is 1.99. The van der Waals surface area contributed by atoms with Gasteiger partial charge in [0.15, 0.2) is 0 Å². The minimum atomic E-state index is -0.682. The Balaban J connectivity index is 3.34. The van der Waals surface area contributed by atoms with Crippen LogP contribution in [0, 0.1) is 0 Å². The van der Waals surface area contributed by atoms with Gasteiger partial charge in [-0.2, -0.15) is 0 Å². The molecule has 0 atom stereocenters. The Kier molecular flexibility index (Phi) is 16.2. The van der Waals surface area contributed by atoms with E-state index in [4.69, 9.17) is 5.11 Å². The number of hydrogen-bond acceptors (Lipinski definition) is 1. The van der Waals surface area contributed by atoms with Gasteiger partial charge in [-0.1, -0.05) is 68.4 Å². The molecule has 0 aliphatic heterocycles. The van der Waals surface area contributed by atoms with Crippen LogP contribution < -0.4 is 0 Å². The van der Waals surface area contributed by atoms with Gasteiger partial charge < -0.3 is 5.11 Å². The molecule has 2 heteroatoms. The van der Waals surface area contributed by atoms with Gasteiger partial charge in [0.25, 0.3) is 0 Å². The molecule has 22 heavy (non-hydrogen) atoms.